The van der Waals surface area contributed by atoms with Crippen molar-refractivity contribution in [3.8, 4) is 28.8 Å². The highest BCUT2D eigenvalue weighted by Gasteiger charge is 2.12. The number of allylic oxidation sites excluding steroid dienone is 1. The molecule has 4 rings (SSSR count). The second-order valence-electron chi connectivity index (χ2n) is 6.35. The Bertz CT molecular complexity index is 1250. The minimum absolute atomic E-state index is 0.540. The molecule has 1 heterocycles. The molecule has 0 bridgehead atoms. The molecule has 5 heteroatoms. The molecule has 0 aliphatic rings. The van der Waals surface area contributed by atoms with E-state index >= 15 is 0 Å². The number of thiazole rings is 1. The molecule has 0 atom stereocenters. The molecular weight excluding hydrogens is 380 g/mol. The van der Waals surface area contributed by atoms with Crippen LogP contribution in [-0.4, -0.2) is 19.2 Å². The lowest BCUT2D eigenvalue weighted by Crippen LogP contribution is -1.91. The zero-order chi connectivity index (χ0) is 20.2. The van der Waals surface area contributed by atoms with Crippen molar-refractivity contribution in [2.45, 2.75) is 0 Å². The third kappa shape index (κ3) is 3.71. The van der Waals surface area contributed by atoms with Crippen LogP contribution in [0.2, 0.25) is 0 Å². The third-order valence-corrected chi connectivity index (χ3v) is 5.53. The van der Waals surface area contributed by atoms with Crippen molar-refractivity contribution in [2.75, 3.05) is 14.2 Å². The van der Waals surface area contributed by atoms with Gasteiger partial charge in [0.05, 0.1) is 25.5 Å². The average Bonchev–Trinajstić information content (AvgIpc) is 3.27. The Balaban J connectivity index is 1.73. The summed E-state index contributed by atoms with van der Waals surface area (Å²) in [5.41, 5.74) is 3.25. The number of nitrogens with zero attached hydrogens (tertiary/aromatic N) is 2. The maximum Gasteiger partial charge on any atom is 0.161 e. The van der Waals surface area contributed by atoms with E-state index in [9.17, 15) is 5.26 Å². The Labute approximate surface area is 173 Å². The molecule has 0 amide bonds. The Morgan fingerprint density at radius 2 is 1.79 bits per heavy atom. The van der Waals surface area contributed by atoms with Gasteiger partial charge >= 0.3 is 0 Å². The van der Waals surface area contributed by atoms with Gasteiger partial charge in [-0.05, 0) is 40.6 Å². The van der Waals surface area contributed by atoms with Gasteiger partial charge in [-0.1, -0.05) is 42.5 Å². The fourth-order valence-corrected chi connectivity index (χ4v) is 3.99. The average molecular weight is 398 g/mol. The van der Waals surface area contributed by atoms with Gasteiger partial charge in [0.15, 0.2) is 11.5 Å². The summed E-state index contributed by atoms with van der Waals surface area (Å²) in [5, 5.41) is 14.6. The smallest absolute Gasteiger partial charge is 0.161 e. The number of fused-ring (bicyclic) bond motifs is 1. The van der Waals surface area contributed by atoms with Gasteiger partial charge in [0.2, 0.25) is 0 Å². The highest BCUT2D eigenvalue weighted by atomic mass is 32.1. The van der Waals surface area contributed by atoms with Crippen molar-refractivity contribution in [3.63, 3.8) is 0 Å². The standard InChI is InChI=1S/C24H18N2O2S/c1-27-22-11-10-18(13-23(22)28-2)21-15-29-24(26-21)19(14-25)12-17-8-5-7-16-6-3-4-9-20(16)17/h3-13,15H,1-2H3/b19-12-. The fourth-order valence-electron chi connectivity index (χ4n) is 3.20. The number of rotatable bonds is 5. The van der Waals surface area contributed by atoms with Gasteiger partial charge in [-0.2, -0.15) is 5.26 Å². The summed E-state index contributed by atoms with van der Waals surface area (Å²) < 4.78 is 10.7. The number of nitriles is 1. The predicted octanol–water partition coefficient (Wildman–Crippen LogP) is 6.04. The first-order chi connectivity index (χ1) is 14.2. The number of hydrogen-bond donors (Lipinski definition) is 0. The molecule has 4 aromatic rings. The Morgan fingerprint density at radius 1 is 1.00 bits per heavy atom. The first kappa shape index (κ1) is 18.7. The Kier molecular flexibility index (Phi) is 5.28. The molecule has 0 fully saturated rings. The fraction of sp³-hybridized carbons (Fsp3) is 0.0833. The molecule has 0 aliphatic heterocycles. The molecule has 0 spiro atoms. The summed E-state index contributed by atoms with van der Waals surface area (Å²) in [5.74, 6) is 1.31. The van der Waals surface area contributed by atoms with Crippen LogP contribution in [0.15, 0.2) is 66.0 Å². The number of methoxy groups -OCH3 is 2. The van der Waals surface area contributed by atoms with Gasteiger partial charge in [-0.25, -0.2) is 4.98 Å². The van der Waals surface area contributed by atoms with Crippen LogP contribution in [0.4, 0.5) is 0 Å². The summed E-state index contributed by atoms with van der Waals surface area (Å²) in [6.45, 7) is 0. The van der Waals surface area contributed by atoms with E-state index < -0.39 is 0 Å². The van der Waals surface area contributed by atoms with Gasteiger partial charge in [-0.15, -0.1) is 11.3 Å². The highest BCUT2D eigenvalue weighted by Crippen LogP contribution is 2.34. The first-order valence-electron chi connectivity index (χ1n) is 9.01. The lowest BCUT2D eigenvalue weighted by atomic mass is 10.0. The van der Waals surface area contributed by atoms with Gasteiger partial charge in [0.1, 0.15) is 11.1 Å². The Hall–Kier alpha value is -3.62. The van der Waals surface area contributed by atoms with Crippen LogP contribution in [0, 0.1) is 11.3 Å². The first-order valence-corrected chi connectivity index (χ1v) is 9.89. The minimum Gasteiger partial charge on any atom is -0.493 e. The van der Waals surface area contributed by atoms with Crippen LogP contribution in [-0.2, 0) is 0 Å². The van der Waals surface area contributed by atoms with Crippen LogP contribution in [0.3, 0.4) is 0 Å². The highest BCUT2D eigenvalue weighted by molar-refractivity contribution is 7.11. The van der Waals surface area contributed by atoms with Crippen LogP contribution in [0.1, 0.15) is 10.6 Å². The van der Waals surface area contributed by atoms with E-state index in [-0.39, 0.29) is 0 Å². The largest absolute Gasteiger partial charge is 0.493 e. The van der Waals surface area contributed by atoms with Gasteiger partial charge in [-0.3, -0.25) is 0 Å². The molecule has 0 N–H and O–H groups in total. The predicted molar refractivity (Wildman–Crippen MR) is 118 cm³/mol. The monoisotopic (exact) mass is 398 g/mol. The van der Waals surface area contributed by atoms with E-state index in [4.69, 9.17) is 14.5 Å². The third-order valence-electron chi connectivity index (χ3n) is 4.66. The quantitative estimate of drug-likeness (QED) is 0.384. The van der Waals surface area contributed by atoms with Crippen molar-refractivity contribution >= 4 is 33.8 Å². The zero-order valence-corrected chi connectivity index (χ0v) is 16.9. The molecule has 0 aliphatic carbocycles. The number of ether oxygens (including phenoxy) is 2. The molecule has 0 saturated carbocycles. The minimum atomic E-state index is 0.540. The summed E-state index contributed by atoms with van der Waals surface area (Å²) in [7, 11) is 3.21. The van der Waals surface area contributed by atoms with E-state index in [1.165, 1.54) is 11.3 Å². The zero-order valence-electron chi connectivity index (χ0n) is 16.0. The molecule has 4 nitrogen and oxygen atoms in total. The van der Waals surface area contributed by atoms with Crippen molar-refractivity contribution in [2.24, 2.45) is 0 Å². The molecule has 0 saturated heterocycles. The number of hydrogen-bond acceptors (Lipinski definition) is 5. The SMILES string of the molecule is COc1ccc(-c2csc(/C(C#N)=C\c3cccc4ccccc34)n2)cc1OC. The molecule has 142 valence electrons. The van der Waals surface area contributed by atoms with Crippen molar-refractivity contribution in [1.82, 2.24) is 4.98 Å². The maximum absolute atomic E-state index is 9.76. The summed E-state index contributed by atoms with van der Waals surface area (Å²) in [6, 6.07) is 22.2. The summed E-state index contributed by atoms with van der Waals surface area (Å²) in [6.07, 6.45) is 1.90. The lowest BCUT2D eigenvalue weighted by Gasteiger charge is -2.08. The molecule has 0 unspecified atom stereocenters. The summed E-state index contributed by atoms with van der Waals surface area (Å²) in [4.78, 5) is 4.69. The van der Waals surface area contributed by atoms with E-state index in [2.05, 4.69) is 24.3 Å². The van der Waals surface area contributed by atoms with Crippen LogP contribution >= 0.6 is 11.3 Å². The second kappa shape index (κ2) is 8.17. The number of benzene rings is 3. The second-order valence-corrected chi connectivity index (χ2v) is 7.20. The molecule has 1 aromatic heterocycles. The van der Waals surface area contributed by atoms with E-state index in [1.807, 2.05) is 53.9 Å². The summed E-state index contributed by atoms with van der Waals surface area (Å²) >= 11 is 1.45. The normalized spacial score (nSPS) is 11.3. The van der Waals surface area contributed by atoms with Gasteiger partial charge in [0.25, 0.3) is 0 Å². The van der Waals surface area contributed by atoms with E-state index in [0.29, 0.717) is 22.1 Å². The van der Waals surface area contributed by atoms with Crippen LogP contribution in [0.25, 0.3) is 33.7 Å². The molecule has 29 heavy (non-hydrogen) atoms. The lowest BCUT2D eigenvalue weighted by molar-refractivity contribution is 0.355. The van der Waals surface area contributed by atoms with E-state index in [0.717, 1.165) is 27.6 Å². The topological polar surface area (TPSA) is 55.1 Å². The van der Waals surface area contributed by atoms with Crippen molar-refractivity contribution < 1.29 is 9.47 Å². The van der Waals surface area contributed by atoms with Gasteiger partial charge in [0, 0.05) is 10.9 Å². The van der Waals surface area contributed by atoms with E-state index in [1.54, 1.807) is 14.2 Å². The maximum atomic E-state index is 9.76. The molecule has 0 radical (unpaired) electrons. The van der Waals surface area contributed by atoms with Crippen LogP contribution < -0.4 is 9.47 Å². The van der Waals surface area contributed by atoms with Crippen molar-refractivity contribution in [3.05, 3.63) is 76.6 Å². The van der Waals surface area contributed by atoms with Crippen LogP contribution in [0.5, 0.6) is 11.5 Å². The van der Waals surface area contributed by atoms with Gasteiger partial charge < -0.3 is 9.47 Å². The molecular formula is C24H18N2O2S. The van der Waals surface area contributed by atoms with Crippen molar-refractivity contribution in [1.29, 1.82) is 5.26 Å². The Morgan fingerprint density at radius 3 is 2.59 bits per heavy atom. The number of aromatic nitrogens is 1. The molecule has 3 aromatic carbocycles.